The van der Waals surface area contributed by atoms with Gasteiger partial charge in [-0.25, -0.2) is 0 Å². The average Bonchev–Trinajstić information content (AvgIpc) is 2.42. The molecule has 1 fully saturated rings. The number of hydrogen-bond acceptors (Lipinski definition) is 4. The van der Waals surface area contributed by atoms with Crippen molar-refractivity contribution in [3.63, 3.8) is 0 Å². The molecule has 2 N–H and O–H groups in total. The van der Waals surface area contributed by atoms with Crippen LogP contribution in [0.3, 0.4) is 0 Å². The number of hydrogen-bond donors (Lipinski definition) is 2. The number of rotatable bonds is 9. The Hall–Kier alpha value is -1.14. The summed E-state index contributed by atoms with van der Waals surface area (Å²) in [6, 6.07) is 0.343. The third-order valence-corrected chi connectivity index (χ3v) is 3.60. The molecular weight excluding hydrogens is 272 g/mol. The molecule has 0 saturated heterocycles. The van der Waals surface area contributed by atoms with Gasteiger partial charge in [-0.1, -0.05) is 0 Å². The minimum atomic E-state index is -0.0373. The van der Waals surface area contributed by atoms with Gasteiger partial charge in [-0.15, -0.1) is 0 Å². The normalized spacial score (nSPS) is 21.8. The first-order chi connectivity index (χ1) is 10.1. The van der Waals surface area contributed by atoms with Crippen molar-refractivity contribution in [1.29, 1.82) is 0 Å². The molecule has 0 bridgehead atoms. The predicted molar refractivity (Wildman–Crippen MR) is 79.9 cm³/mol. The molecule has 1 aliphatic carbocycles. The number of ether oxygens (including phenoxy) is 2. The molecular formula is C15H28N2O4. The molecule has 6 heteroatoms. The zero-order chi connectivity index (χ0) is 15.5. The summed E-state index contributed by atoms with van der Waals surface area (Å²) in [4.78, 5) is 21.6. The van der Waals surface area contributed by atoms with E-state index in [0.29, 0.717) is 38.3 Å². The smallest absolute Gasteiger partial charge is 0.217 e. The molecule has 0 aromatic carbocycles. The largest absolute Gasteiger partial charge is 0.379 e. The molecule has 0 aromatic heterocycles. The minimum absolute atomic E-state index is 0.0373. The van der Waals surface area contributed by atoms with E-state index in [9.17, 15) is 9.59 Å². The lowest BCUT2D eigenvalue weighted by molar-refractivity contribution is -0.120. The molecule has 0 unspecified atom stereocenters. The molecule has 2 amide bonds. The monoisotopic (exact) mass is 300 g/mol. The molecule has 0 spiro atoms. The van der Waals surface area contributed by atoms with E-state index in [4.69, 9.17) is 9.47 Å². The van der Waals surface area contributed by atoms with E-state index < -0.39 is 0 Å². The first-order valence-corrected chi connectivity index (χ1v) is 7.75. The molecule has 1 saturated carbocycles. The highest BCUT2D eigenvalue weighted by Gasteiger charge is 2.21. The van der Waals surface area contributed by atoms with Crippen LogP contribution in [0.15, 0.2) is 0 Å². The van der Waals surface area contributed by atoms with Crippen LogP contribution in [-0.4, -0.2) is 50.8 Å². The first-order valence-electron chi connectivity index (χ1n) is 7.75. The average molecular weight is 300 g/mol. The Kier molecular flexibility index (Phi) is 9.01. The fraction of sp³-hybridized carbons (Fsp3) is 0.867. The van der Waals surface area contributed by atoms with Gasteiger partial charge in [0.1, 0.15) is 0 Å². The Morgan fingerprint density at radius 3 is 2.24 bits per heavy atom. The standard InChI is InChI=1S/C15H28N2O4/c1-12(18)16-7-8-20-9-10-21-11-14-3-5-15(6-4-14)17-13(2)19/h14-15H,3-11H2,1-2H3,(H,16,18)(H,17,19). The van der Waals surface area contributed by atoms with Gasteiger partial charge in [0.25, 0.3) is 0 Å². The zero-order valence-electron chi connectivity index (χ0n) is 13.2. The van der Waals surface area contributed by atoms with Crippen LogP contribution in [0.4, 0.5) is 0 Å². The predicted octanol–water partition coefficient (Wildman–Crippen LogP) is 0.851. The molecule has 6 nitrogen and oxygen atoms in total. The lowest BCUT2D eigenvalue weighted by Gasteiger charge is -2.28. The molecule has 21 heavy (non-hydrogen) atoms. The van der Waals surface area contributed by atoms with E-state index in [-0.39, 0.29) is 11.8 Å². The Labute approximate surface area is 126 Å². The van der Waals surface area contributed by atoms with Crippen molar-refractivity contribution >= 4 is 11.8 Å². The fourth-order valence-electron chi connectivity index (χ4n) is 2.53. The van der Waals surface area contributed by atoms with Crippen LogP contribution in [0.1, 0.15) is 39.5 Å². The van der Waals surface area contributed by atoms with E-state index in [2.05, 4.69) is 10.6 Å². The summed E-state index contributed by atoms with van der Waals surface area (Å²) in [5.41, 5.74) is 0. The van der Waals surface area contributed by atoms with Crippen molar-refractivity contribution in [3.05, 3.63) is 0 Å². The molecule has 0 aliphatic heterocycles. The maximum Gasteiger partial charge on any atom is 0.217 e. The number of nitrogens with one attached hydrogen (secondary N) is 2. The second-order valence-electron chi connectivity index (χ2n) is 5.59. The summed E-state index contributed by atoms with van der Waals surface area (Å²) in [5, 5.41) is 5.65. The van der Waals surface area contributed by atoms with E-state index >= 15 is 0 Å². The van der Waals surface area contributed by atoms with Gasteiger partial charge in [-0.2, -0.15) is 0 Å². The molecule has 0 aromatic rings. The Balaban J connectivity index is 1.90. The van der Waals surface area contributed by atoms with Gasteiger partial charge in [0.2, 0.25) is 11.8 Å². The third kappa shape index (κ3) is 9.42. The minimum Gasteiger partial charge on any atom is -0.379 e. The highest BCUT2D eigenvalue weighted by molar-refractivity contribution is 5.73. The Morgan fingerprint density at radius 1 is 0.952 bits per heavy atom. The van der Waals surface area contributed by atoms with E-state index in [1.165, 1.54) is 6.92 Å². The highest BCUT2D eigenvalue weighted by atomic mass is 16.5. The van der Waals surface area contributed by atoms with Crippen molar-refractivity contribution in [2.75, 3.05) is 33.0 Å². The quantitative estimate of drug-likeness (QED) is 0.619. The topological polar surface area (TPSA) is 76.7 Å². The summed E-state index contributed by atoms with van der Waals surface area (Å²) in [6.45, 7) is 6.03. The molecule has 0 atom stereocenters. The second kappa shape index (κ2) is 10.6. The summed E-state index contributed by atoms with van der Waals surface area (Å²) in [5.74, 6) is 0.616. The number of amides is 2. The zero-order valence-corrected chi connectivity index (χ0v) is 13.2. The van der Waals surface area contributed by atoms with Gasteiger partial charge in [0.05, 0.1) is 19.8 Å². The maximum absolute atomic E-state index is 11.0. The van der Waals surface area contributed by atoms with Crippen LogP contribution >= 0.6 is 0 Å². The van der Waals surface area contributed by atoms with Gasteiger partial charge in [-0.3, -0.25) is 9.59 Å². The molecule has 0 heterocycles. The van der Waals surface area contributed by atoms with Gasteiger partial charge in [0, 0.05) is 33.0 Å². The van der Waals surface area contributed by atoms with Crippen molar-refractivity contribution in [3.8, 4) is 0 Å². The second-order valence-corrected chi connectivity index (χ2v) is 5.59. The van der Waals surface area contributed by atoms with Gasteiger partial charge in [0.15, 0.2) is 0 Å². The number of carbonyl (C=O) groups is 2. The van der Waals surface area contributed by atoms with Gasteiger partial charge >= 0.3 is 0 Å². The van der Waals surface area contributed by atoms with Crippen LogP contribution in [0.5, 0.6) is 0 Å². The highest BCUT2D eigenvalue weighted by Crippen LogP contribution is 2.24. The summed E-state index contributed by atoms with van der Waals surface area (Å²) < 4.78 is 11.0. The van der Waals surface area contributed by atoms with Crippen molar-refractivity contribution in [1.82, 2.24) is 10.6 Å². The van der Waals surface area contributed by atoms with Crippen LogP contribution in [0, 0.1) is 5.92 Å². The maximum atomic E-state index is 11.0. The third-order valence-electron chi connectivity index (χ3n) is 3.60. The van der Waals surface area contributed by atoms with E-state index in [1.807, 2.05) is 0 Å². The van der Waals surface area contributed by atoms with Crippen molar-refractivity contribution < 1.29 is 19.1 Å². The molecule has 122 valence electrons. The molecule has 1 aliphatic rings. The van der Waals surface area contributed by atoms with Crippen LogP contribution in [-0.2, 0) is 19.1 Å². The summed E-state index contributed by atoms with van der Waals surface area (Å²) in [6.07, 6.45) is 4.30. The van der Waals surface area contributed by atoms with Gasteiger partial charge in [-0.05, 0) is 31.6 Å². The lowest BCUT2D eigenvalue weighted by Crippen LogP contribution is -2.36. The summed E-state index contributed by atoms with van der Waals surface area (Å²) in [7, 11) is 0. The first kappa shape index (κ1) is 17.9. The van der Waals surface area contributed by atoms with Crippen LogP contribution in [0.25, 0.3) is 0 Å². The van der Waals surface area contributed by atoms with Crippen molar-refractivity contribution in [2.24, 2.45) is 5.92 Å². The van der Waals surface area contributed by atoms with E-state index in [1.54, 1.807) is 6.92 Å². The molecule has 1 rings (SSSR count). The number of carbonyl (C=O) groups excluding carboxylic acids is 2. The SMILES string of the molecule is CC(=O)NCCOCCOCC1CCC(NC(C)=O)CC1. The fourth-order valence-corrected chi connectivity index (χ4v) is 2.53. The van der Waals surface area contributed by atoms with Crippen LogP contribution in [0.2, 0.25) is 0 Å². The van der Waals surface area contributed by atoms with Crippen molar-refractivity contribution in [2.45, 2.75) is 45.6 Å². The molecule has 0 radical (unpaired) electrons. The van der Waals surface area contributed by atoms with Gasteiger partial charge < -0.3 is 20.1 Å². The Morgan fingerprint density at radius 2 is 1.62 bits per heavy atom. The Bertz CT molecular complexity index is 315. The van der Waals surface area contributed by atoms with Crippen LogP contribution < -0.4 is 10.6 Å². The van der Waals surface area contributed by atoms with E-state index in [0.717, 1.165) is 32.3 Å². The summed E-state index contributed by atoms with van der Waals surface area (Å²) >= 11 is 0. The lowest BCUT2D eigenvalue weighted by atomic mass is 9.86.